The summed E-state index contributed by atoms with van der Waals surface area (Å²) in [5.74, 6) is 0.548. The molecule has 4 aromatic carbocycles. The van der Waals surface area contributed by atoms with Gasteiger partial charge in [0.1, 0.15) is 6.54 Å². The van der Waals surface area contributed by atoms with E-state index in [2.05, 4.69) is 64.9 Å². The van der Waals surface area contributed by atoms with Gasteiger partial charge in [0, 0.05) is 11.3 Å². The number of para-hydroxylation sites is 1. The summed E-state index contributed by atoms with van der Waals surface area (Å²) < 4.78 is 9.05. The molecule has 39 heavy (non-hydrogen) atoms. The van der Waals surface area contributed by atoms with Crippen LogP contribution in [-0.4, -0.2) is 15.5 Å². The van der Waals surface area contributed by atoms with E-state index in [0.29, 0.717) is 10.9 Å². The van der Waals surface area contributed by atoms with E-state index in [1.807, 2.05) is 65.2 Å². The van der Waals surface area contributed by atoms with Crippen molar-refractivity contribution in [2.45, 2.75) is 6.54 Å². The number of nitrogens with zero attached hydrogens (tertiary/aromatic N) is 2. The molecule has 3 heterocycles. The van der Waals surface area contributed by atoms with Crippen LogP contribution in [0.1, 0.15) is 0 Å². The van der Waals surface area contributed by atoms with Gasteiger partial charge in [0.25, 0.3) is 0 Å². The van der Waals surface area contributed by atoms with Crippen LogP contribution in [0.5, 0.6) is 0 Å². The Bertz CT molecular complexity index is 1900. The maximum Gasteiger partial charge on any atom is 0.246 e. The van der Waals surface area contributed by atoms with Crippen LogP contribution in [0.25, 0.3) is 54.8 Å². The molecule has 0 atom stereocenters. The summed E-state index contributed by atoms with van der Waals surface area (Å²) in [5, 5.41) is 5.91. The summed E-state index contributed by atoms with van der Waals surface area (Å²) in [4.78, 5) is 18.1. The fraction of sp³-hybridized carbons (Fsp3) is 0.0303. The molecular weight excluding hydrogens is 502 g/mol. The normalized spacial score (nSPS) is 11.3. The number of hydrogen-bond acceptors (Lipinski definition) is 4. The van der Waals surface area contributed by atoms with E-state index in [-0.39, 0.29) is 12.5 Å². The van der Waals surface area contributed by atoms with Gasteiger partial charge in [-0.05, 0) is 52.2 Å². The molecule has 0 fully saturated rings. The molecule has 188 valence electrons. The third-order valence-corrected chi connectivity index (χ3v) is 7.79. The van der Waals surface area contributed by atoms with Crippen LogP contribution in [0, 0.1) is 0 Å². The Morgan fingerprint density at radius 1 is 0.821 bits per heavy atom. The lowest BCUT2D eigenvalue weighted by Crippen LogP contribution is -2.19. The molecule has 0 spiro atoms. The van der Waals surface area contributed by atoms with E-state index in [0.717, 1.165) is 49.1 Å². The second-order valence-electron chi connectivity index (χ2n) is 9.28. The molecule has 5 nitrogen and oxygen atoms in total. The SMILES string of the molecule is O=C(Cn1c(-c2ccccc2)cc(-c2cccc3ccccc23)c1-c1ccco1)Nc1nc2ccccc2s1. The Balaban J connectivity index is 1.39. The summed E-state index contributed by atoms with van der Waals surface area (Å²) in [6, 6.07) is 38.7. The monoisotopic (exact) mass is 525 g/mol. The van der Waals surface area contributed by atoms with E-state index in [9.17, 15) is 4.79 Å². The zero-order chi connectivity index (χ0) is 26.2. The highest BCUT2D eigenvalue weighted by atomic mass is 32.1. The molecule has 6 heteroatoms. The second-order valence-corrected chi connectivity index (χ2v) is 10.3. The Morgan fingerprint density at radius 2 is 1.62 bits per heavy atom. The van der Waals surface area contributed by atoms with Gasteiger partial charge in [0.15, 0.2) is 10.9 Å². The molecule has 7 rings (SSSR count). The van der Waals surface area contributed by atoms with Crippen LogP contribution in [0.2, 0.25) is 0 Å². The van der Waals surface area contributed by atoms with E-state index in [4.69, 9.17) is 4.42 Å². The molecule has 0 aliphatic heterocycles. The molecule has 7 aromatic rings. The number of benzene rings is 4. The third-order valence-electron chi connectivity index (χ3n) is 6.84. The Labute approximate surface area is 229 Å². The lowest BCUT2D eigenvalue weighted by atomic mass is 9.97. The predicted octanol–water partition coefficient (Wildman–Crippen LogP) is 8.48. The lowest BCUT2D eigenvalue weighted by Gasteiger charge is -2.14. The van der Waals surface area contributed by atoms with Crippen molar-refractivity contribution in [2.75, 3.05) is 5.32 Å². The van der Waals surface area contributed by atoms with Gasteiger partial charge < -0.3 is 14.3 Å². The van der Waals surface area contributed by atoms with Gasteiger partial charge in [-0.2, -0.15) is 0 Å². The largest absolute Gasteiger partial charge is 0.463 e. The number of anilines is 1. The van der Waals surface area contributed by atoms with Crippen LogP contribution in [0.15, 0.2) is 126 Å². The number of hydrogen-bond donors (Lipinski definition) is 1. The number of rotatable bonds is 6. The van der Waals surface area contributed by atoms with Gasteiger partial charge in [-0.1, -0.05) is 96.3 Å². The second kappa shape index (κ2) is 9.74. The van der Waals surface area contributed by atoms with Gasteiger partial charge in [-0.15, -0.1) is 0 Å². The van der Waals surface area contributed by atoms with Gasteiger partial charge in [0.05, 0.1) is 22.2 Å². The smallest absolute Gasteiger partial charge is 0.246 e. The van der Waals surface area contributed by atoms with Gasteiger partial charge in [-0.3, -0.25) is 4.79 Å². The van der Waals surface area contributed by atoms with Crippen LogP contribution in [0.4, 0.5) is 5.13 Å². The van der Waals surface area contributed by atoms with E-state index in [1.54, 1.807) is 6.26 Å². The molecule has 0 bridgehead atoms. The Kier molecular flexibility index (Phi) is 5.79. The molecule has 0 saturated carbocycles. The van der Waals surface area contributed by atoms with Crippen molar-refractivity contribution in [1.82, 2.24) is 9.55 Å². The summed E-state index contributed by atoms with van der Waals surface area (Å²) >= 11 is 1.47. The average Bonchev–Trinajstić information content (AvgIpc) is 3.72. The zero-order valence-electron chi connectivity index (χ0n) is 20.9. The first-order chi connectivity index (χ1) is 19.2. The first-order valence-electron chi connectivity index (χ1n) is 12.7. The number of carbonyl (C=O) groups excluding carboxylic acids is 1. The van der Waals surface area contributed by atoms with Crippen molar-refractivity contribution < 1.29 is 9.21 Å². The minimum Gasteiger partial charge on any atom is -0.463 e. The first kappa shape index (κ1) is 23.2. The maximum atomic E-state index is 13.5. The summed E-state index contributed by atoms with van der Waals surface area (Å²) in [7, 11) is 0. The van der Waals surface area contributed by atoms with Crippen molar-refractivity contribution in [2.24, 2.45) is 0 Å². The van der Waals surface area contributed by atoms with Crippen LogP contribution < -0.4 is 5.32 Å². The molecule has 3 aromatic heterocycles. The lowest BCUT2D eigenvalue weighted by molar-refractivity contribution is -0.116. The highest BCUT2D eigenvalue weighted by Gasteiger charge is 2.24. The van der Waals surface area contributed by atoms with Crippen molar-refractivity contribution in [3.05, 3.63) is 122 Å². The third kappa shape index (κ3) is 4.31. The van der Waals surface area contributed by atoms with Gasteiger partial charge in [-0.25, -0.2) is 4.98 Å². The molecule has 1 N–H and O–H groups in total. The Hall–Kier alpha value is -4.94. The molecule has 0 aliphatic carbocycles. The van der Waals surface area contributed by atoms with E-state index < -0.39 is 0 Å². The maximum absolute atomic E-state index is 13.5. The number of carbonyl (C=O) groups is 1. The minimum absolute atomic E-state index is 0.0982. The van der Waals surface area contributed by atoms with Crippen molar-refractivity contribution in [1.29, 1.82) is 0 Å². The standard InChI is InChI=1S/C33H23N3O2S/c37-31(35-33-34-27-16-6-7-18-30(27)39-33)21-36-28(23-11-2-1-3-12-23)20-26(32(36)29-17-9-19-38-29)25-15-8-13-22-10-4-5-14-24(22)25/h1-20H,21H2,(H,34,35,37). The topological polar surface area (TPSA) is 60.1 Å². The predicted molar refractivity (Wildman–Crippen MR) is 159 cm³/mol. The van der Waals surface area contributed by atoms with Gasteiger partial charge >= 0.3 is 0 Å². The van der Waals surface area contributed by atoms with Crippen molar-refractivity contribution >= 4 is 43.4 Å². The van der Waals surface area contributed by atoms with Crippen molar-refractivity contribution in [3.63, 3.8) is 0 Å². The fourth-order valence-corrected chi connectivity index (χ4v) is 6.02. The molecule has 0 unspecified atom stereocenters. The number of nitrogens with one attached hydrogen (secondary N) is 1. The van der Waals surface area contributed by atoms with Crippen molar-refractivity contribution in [3.8, 4) is 33.8 Å². The number of aromatic nitrogens is 2. The summed E-state index contributed by atoms with van der Waals surface area (Å²) in [6.45, 7) is 0.0982. The van der Waals surface area contributed by atoms with Gasteiger partial charge in [0.2, 0.25) is 5.91 Å². The van der Waals surface area contributed by atoms with E-state index in [1.165, 1.54) is 11.3 Å². The van der Waals surface area contributed by atoms with Crippen LogP contribution in [0.3, 0.4) is 0 Å². The minimum atomic E-state index is -0.154. The highest BCUT2D eigenvalue weighted by molar-refractivity contribution is 7.22. The number of thiazole rings is 1. The van der Waals surface area contributed by atoms with Crippen LogP contribution >= 0.6 is 11.3 Å². The molecular formula is C33H23N3O2S. The first-order valence-corrected chi connectivity index (χ1v) is 13.5. The average molecular weight is 526 g/mol. The fourth-order valence-electron chi connectivity index (χ4n) is 5.13. The number of fused-ring (bicyclic) bond motifs is 2. The number of amides is 1. The van der Waals surface area contributed by atoms with E-state index >= 15 is 0 Å². The van der Waals surface area contributed by atoms with Crippen LogP contribution in [-0.2, 0) is 11.3 Å². The summed E-state index contributed by atoms with van der Waals surface area (Å²) in [6.07, 6.45) is 1.67. The summed E-state index contributed by atoms with van der Waals surface area (Å²) in [5.41, 5.74) is 5.78. The molecule has 0 saturated heterocycles. The number of furan rings is 1. The highest BCUT2D eigenvalue weighted by Crippen LogP contribution is 2.41. The molecule has 0 radical (unpaired) electrons. The molecule has 0 aliphatic rings. The molecule has 1 amide bonds. The quantitative estimate of drug-likeness (QED) is 0.237. The zero-order valence-corrected chi connectivity index (χ0v) is 21.7. The Morgan fingerprint density at radius 3 is 2.46 bits per heavy atom.